The van der Waals surface area contributed by atoms with Crippen molar-refractivity contribution in [3.8, 4) is 0 Å². The molecular weight excluding hydrogens is 288 g/mol. The van der Waals surface area contributed by atoms with E-state index in [0.717, 1.165) is 22.9 Å². The summed E-state index contributed by atoms with van der Waals surface area (Å²) in [5.74, 6) is 1.46. The van der Waals surface area contributed by atoms with Crippen LogP contribution in [0.5, 0.6) is 0 Å². The summed E-state index contributed by atoms with van der Waals surface area (Å²) in [5.41, 5.74) is 1.01. The van der Waals surface area contributed by atoms with E-state index in [1.807, 2.05) is 13.0 Å². The zero-order valence-corrected chi connectivity index (χ0v) is 12.5. The van der Waals surface area contributed by atoms with Gasteiger partial charge in [0.1, 0.15) is 5.82 Å². The van der Waals surface area contributed by atoms with Gasteiger partial charge in [0, 0.05) is 29.6 Å². The van der Waals surface area contributed by atoms with Crippen LogP contribution in [0.2, 0.25) is 0 Å². The number of aromatic nitrogens is 2. The van der Waals surface area contributed by atoms with Crippen LogP contribution in [0, 0.1) is 10.1 Å². The normalized spacial score (nSPS) is 15.7. The van der Waals surface area contributed by atoms with Crippen molar-refractivity contribution in [1.82, 2.24) is 9.36 Å². The van der Waals surface area contributed by atoms with E-state index in [4.69, 9.17) is 0 Å². The lowest BCUT2D eigenvalue weighted by Gasteiger charge is -2.16. The molecule has 2 aromatic rings. The number of nitro benzene ring substituents is 1. The predicted molar refractivity (Wildman–Crippen MR) is 81.6 cm³/mol. The lowest BCUT2D eigenvalue weighted by Crippen LogP contribution is -2.09. The highest BCUT2D eigenvalue weighted by molar-refractivity contribution is 7.09. The lowest BCUT2D eigenvalue weighted by molar-refractivity contribution is -0.384. The smallest absolute Gasteiger partial charge is 0.269 e. The highest BCUT2D eigenvalue weighted by Crippen LogP contribution is 2.39. The molecule has 0 bridgehead atoms. The molecule has 1 saturated carbocycles. The fourth-order valence-electron chi connectivity index (χ4n) is 2.23. The zero-order valence-electron chi connectivity index (χ0n) is 11.7. The molecule has 7 heteroatoms. The number of nitrogens with one attached hydrogen (secondary N) is 1. The largest absolute Gasteiger partial charge is 0.353 e. The number of nitro groups is 1. The molecule has 0 unspecified atom stereocenters. The van der Waals surface area contributed by atoms with Crippen molar-refractivity contribution in [3.63, 3.8) is 0 Å². The van der Waals surface area contributed by atoms with Crippen LogP contribution in [0.1, 0.15) is 49.5 Å². The van der Waals surface area contributed by atoms with Crippen molar-refractivity contribution in [2.75, 3.05) is 5.32 Å². The third-order valence-electron chi connectivity index (χ3n) is 3.57. The molecule has 1 heterocycles. The van der Waals surface area contributed by atoms with Crippen molar-refractivity contribution in [3.05, 3.63) is 45.8 Å². The molecule has 1 aliphatic rings. The van der Waals surface area contributed by atoms with Gasteiger partial charge in [0.05, 0.1) is 11.0 Å². The number of non-ortho nitro benzene ring substituents is 1. The summed E-state index contributed by atoms with van der Waals surface area (Å²) in [5, 5.41) is 15.0. The zero-order chi connectivity index (χ0) is 14.8. The second-order valence-electron chi connectivity index (χ2n) is 5.19. The molecule has 0 amide bonds. The molecule has 110 valence electrons. The topological polar surface area (TPSA) is 81.0 Å². The molecular formula is C14H16N4O2S. The molecule has 0 radical (unpaired) electrons. The van der Waals surface area contributed by atoms with Gasteiger partial charge in [-0.2, -0.15) is 4.37 Å². The van der Waals surface area contributed by atoms with Gasteiger partial charge in [-0.15, -0.1) is 0 Å². The van der Waals surface area contributed by atoms with Crippen LogP contribution in [0.15, 0.2) is 24.3 Å². The number of anilines is 1. The number of hydrogen-bond acceptors (Lipinski definition) is 6. The van der Waals surface area contributed by atoms with Crippen LogP contribution in [0.25, 0.3) is 0 Å². The number of nitrogens with zero attached hydrogens (tertiary/aromatic N) is 3. The Labute approximate surface area is 126 Å². The van der Waals surface area contributed by atoms with Crippen molar-refractivity contribution >= 4 is 22.4 Å². The maximum absolute atomic E-state index is 10.9. The van der Waals surface area contributed by atoms with Crippen molar-refractivity contribution in [1.29, 1.82) is 0 Å². The van der Waals surface area contributed by atoms with Crippen molar-refractivity contribution < 1.29 is 4.92 Å². The number of hydrogen-bond donors (Lipinski definition) is 1. The molecule has 0 spiro atoms. The van der Waals surface area contributed by atoms with E-state index in [2.05, 4.69) is 14.7 Å². The van der Waals surface area contributed by atoms with E-state index in [-0.39, 0.29) is 16.7 Å². The van der Waals surface area contributed by atoms with Crippen LogP contribution in [-0.2, 0) is 0 Å². The average Bonchev–Trinajstić information content (AvgIpc) is 3.24. The molecule has 0 saturated heterocycles. The standard InChI is InChI=1S/C14H16N4O2S/c1-2-12(10-4-3-5-11(8-10)18(19)20)15-14-16-13(17-21-14)9-6-7-9/h3-5,8-9,12H,2,6-7H2,1H3,(H,15,16,17)/t12-/m1/s1. The molecule has 6 nitrogen and oxygen atoms in total. The van der Waals surface area contributed by atoms with Crippen LogP contribution >= 0.6 is 11.5 Å². The first kappa shape index (κ1) is 13.9. The van der Waals surface area contributed by atoms with Crippen LogP contribution in [-0.4, -0.2) is 14.3 Å². The minimum atomic E-state index is -0.369. The Balaban J connectivity index is 1.77. The molecule has 3 rings (SSSR count). The average molecular weight is 304 g/mol. The summed E-state index contributed by atoms with van der Waals surface area (Å²) in [6.45, 7) is 2.04. The SMILES string of the molecule is CC[C@@H](Nc1nc(C2CC2)ns1)c1cccc([N+](=O)[O-])c1. The fourth-order valence-corrected chi connectivity index (χ4v) is 2.93. The first-order valence-electron chi connectivity index (χ1n) is 7.02. The highest BCUT2D eigenvalue weighted by Gasteiger charge is 2.28. The van der Waals surface area contributed by atoms with E-state index in [1.54, 1.807) is 12.1 Å². The molecule has 1 fully saturated rings. The highest BCUT2D eigenvalue weighted by atomic mass is 32.1. The Morgan fingerprint density at radius 3 is 3.00 bits per heavy atom. The Morgan fingerprint density at radius 1 is 1.52 bits per heavy atom. The maximum Gasteiger partial charge on any atom is 0.269 e. The van der Waals surface area contributed by atoms with Gasteiger partial charge in [-0.25, -0.2) is 4.98 Å². The van der Waals surface area contributed by atoms with Crippen molar-refractivity contribution in [2.45, 2.75) is 38.1 Å². The monoisotopic (exact) mass is 304 g/mol. The molecule has 21 heavy (non-hydrogen) atoms. The van der Waals surface area contributed by atoms with Gasteiger partial charge in [-0.3, -0.25) is 10.1 Å². The summed E-state index contributed by atoms with van der Waals surface area (Å²) in [4.78, 5) is 15.0. The molecule has 1 N–H and O–H groups in total. The molecule has 0 aliphatic heterocycles. The second kappa shape index (κ2) is 5.77. The van der Waals surface area contributed by atoms with Gasteiger partial charge >= 0.3 is 0 Å². The third kappa shape index (κ3) is 3.18. The first-order valence-corrected chi connectivity index (χ1v) is 7.79. The van der Waals surface area contributed by atoms with E-state index < -0.39 is 0 Å². The second-order valence-corrected chi connectivity index (χ2v) is 5.94. The molecule has 1 atom stereocenters. The van der Waals surface area contributed by atoms with Gasteiger partial charge in [-0.1, -0.05) is 19.1 Å². The van der Waals surface area contributed by atoms with Crippen LogP contribution in [0.4, 0.5) is 10.8 Å². The lowest BCUT2D eigenvalue weighted by atomic mass is 10.0. The molecule has 1 aromatic heterocycles. The van der Waals surface area contributed by atoms with E-state index >= 15 is 0 Å². The van der Waals surface area contributed by atoms with Crippen LogP contribution < -0.4 is 5.32 Å². The van der Waals surface area contributed by atoms with Gasteiger partial charge in [0.25, 0.3) is 5.69 Å². The van der Waals surface area contributed by atoms with Gasteiger partial charge in [0.15, 0.2) is 0 Å². The van der Waals surface area contributed by atoms with Crippen LogP contribution in [0.3, 0.4) is 0 Å². The fraction of sp³-hybridized carbons (Fsp3) is 0.429. The summed E-state index contributed by atoms with van der Waals surface area (Å²) < 4.78 is 4.36. The minimum absolute atomic E-state index is 0.00454. The quantitative estimate of drug-likeness (QED) is 0.647. The van der Waals surface area contributed by atoms with E-state index in [9.17, 15) is 10.1 Å². The van der Waals surface area contributed by atoms with Gasteiger partial charge < -0.3 is 5.32 Å². The summed E-state index contributed by atoms with van der Waals surface area (Å²) >= 11 is 1.36. The Kier molecular flexibility index (Phi) is 3.83. The summed E-state index contributed by atoms with van der Waals surface area (Å²) in [6.07, 6.45) is 3.18. The van der Waals surface area contributed by atoms with Crippen molar-refractivity contribution in [2.24, 2.45) is 0 Å². The van der Waals surface area contributed by atoms with Gasteiger partial charge in [0.2, 0.25) is 5.13 Å². The summed E-state index contributed by atoms with van der Waals surface area (Å²) in [7, 11) is 0. The minimum Gasteiger partial charge on any atom is -0.353 e. The number of benzene rings is 1. The van der Waals surface area contributed by atoms with E-state index in [1.165, 1.54) is 30.4 Å². The molecule has 1 aromatic carbocycles. The summed E-state index contributed by atoms with van der Waals surface area (Å²) in [6, 6.07) is 6.74. The molecule has 1 aliphatic carbocycles. The Bertz CT molecular complexity index is 654. The predicted octanol–water partition coefficient (Wildman–Crippen LogP) is 3.89. The van der Waals surface area contributed by atoms with Gasteiger partial charge in [-0.05, 0) is 24.8 Å². The first-order chi connectivity index (χ1) is 10.2. The number of rotatable bonds is 6. The van der Waals surface area contributed by atoms with E-state index in [0.29, 0.717) is 5.92 Å². The Hall–Kier alpha value is -2.02. The Morgan fingerprint density at radius 2 is 2.33 bits per heavy atom. The third-order valence-corrected chi connectivity index (χ3v) is 4.23. The maximum atomic E-state index is 10.9.